The molecule has 2 aromatic rings. The van der Waals surface area contributed by atoms with E-state index >= 15 is 0 Å². The number of aromatic nitrogens is 1. The molecule has 4 heteroatoms. The van der Waals surface area contributed by atoms with Gasteiger partial charge in [-0.1, -0.05) is 18.2 Å². The smallest absolute Gasteiger partial charge is 0.127 e. The first-order valence-electron chi connectivity index (χ1n) is 9.68. The molecule has 3 aliphatic heterocycles. The zero-order chi connectivity index (χ0) is 17.3. The Hall–Kier alpha value is -2.46. The second-order valence-corrected chi connectivity index (χ2v) is 7.42. The predicted molar refractivity (Wildman–Crippen MR) is 107 cm³/mol. The molecule has 0 spiro atoms. The Morgan fingerprint density at radius 2 is 1.96 bits per heavy atom. The number of hydrogen-bond donors (Lipinski definition) is 0. The number of benzene rings is 1. The van der Waals surface area contributed by atoms with Crippen LogP contribution in [0.15, 0.2) is 59.9 Å². The molecule has 4 nitrogen and oxygen atoms in total. The van der Waals surface area contributed by atoms with Crippen molar-refractivity contribution in [2.75, 3.05) is 26.2 Å². The second-order valence-electron chi connectivity index (χ2n) is 7.42. The van der Waals surface area contributed by atoms with E-state index in [9.17, 15) is 0 Å². The lowest BCUT2D eigenvalue weighted by atomic mass is 9.99. The molecule has 1 aromatic heterocycles. The number of likely N-dealkylation sites (tertiary alicyclic amines) is 1. The first-order chi connectivity index (χ1) is 12.9. The summed E-state index contributed by atoms with van der Waals surface area (Å²) in [5.74, 6) is 1.11. The van der Waals surface area contributed by atoms with Crippen LogP contribution in [-0.2, 0) is 0 Å². The summed E-state index contributed by atoms with van der Waals surface area (Å²) in [6.07, 6.45) is 12.4. The van der Waals surface area contributed by atoms with Gasteiger partial charge < -0.3 is 9.80 Å². The Morgan fingerprint density at radius 3 is 2.88 bits per heavy atom. The van der Waals surface area contributed by atoms with Crippen LogP contribution in [0.5, 0.6) is 0 Å². The van der Waals surface area contributed by atoms with Crippen LogP contribution in [0.3, 0.4) is 0 Å². The molecule has 0 bridgehead atoms. The van der Waals surface area contributed by atoms with E-state index < -0.39 is 0 Å². The van der Waals surface area contributed by atoms with Crippen LogP contribution in [0.4, 0.5) is 0 Å². The van der Waals surface area contributed by atoms with Crippen molar-refractivity contribution in [2.24, 2.45) is 4.99 Å². The maximum absolute atomic E-state index is 4.93. The topological polar surface area (TPSA) is 31.7 Å². The Balaban J connectivity index is 1.34. The first kappa shape index (κ1) is 15.8. The van der Waals surface area contributed by atoms with Gasteiger partial charge in [0.25, 0.3) is 0 Å². The van der Waals surface area contributed by atoms with Crippen molar-refractivity contribution in [3.8, 4) is 0 Å². The van der Waals surface area contributed by atoms with E-state index in [4.69, 9.17) is 4.99 Å². The van der Waals surface area contributed by atoms with Gasteiger partial charge in [-0.25, -0.2) is 0 Å². The Labute approximate surface area is 154 Å². The van der Waals surface area contributed by atoms with E-state index in [2.05, 4.69) is 57.4 Å². The Bertz CT molecular complexity index is 900. The number of hydrogen-bond acceptors (Lipinski definition) is 4. The van der Waals surface area contributed by atoms with E-state index in [0.717, 1.165) is 24.3 Å². The van der Waals surface area contributed by atoms with Crippen molar-refractivity contribution in [1.82, 2.24) is 14.8 Å². The molecule has 1 unspecified atom stereocenters. The highest BCUT2D eigenvalue weighted by Gasteiger charge is 2.25. The third-order valence-corrected chi connectivity index (χ3v) is 5.66. The Kier molecular flexibility index (Phi) is 4.06. The predicted octanol–water partition coefficient (Wildman–Crippen LogP) is 3.71. The fourth-order valence-corrected chi connectivity index (χ4v) is 4.26. The normalized spacial score (nSPS) is 22.6. The van der Waals surface area contributed by atoms with Gasteiger partial charge in [-0.3, -0.25) is 9.98 Å². The van der Waals surface area contributed by atoms with Crippen molar-refractivity contribution >= 4 is 22.3 Å². The molecule has 1 atom stereocenters. The van der Waals surface area contributed by atoms with Gasteiger partial charge in [0.1, 0.15) is 5.84 Å². The summed E-state index contributed by atoms with van der Waals surface area (Å²) in [7, 11) is 0. The average Bonchev–Trinajstić information content (AvgIpc) is 3.34. The van der Waals surface area contributed by atoms with E-state index in [-0.39, 0.29) is 0 Å². The summed E-state index contributed by atoms with van der Waals surface area (Å²) in [4.78, 5) is 14.3. The van der Waals surface area contributed by atoms with Gasteiger partial charge in [-0.15, -0.1) is 0 Å². The molecule has 3 aliphatic rings. The molecule has 5 rings (SSSR count). The van der Waals surface area contributed by atoms with Gasteiger partial charge in [-0.05, 0) is 67.8 Å². The third-order valence-electron chi connectivity index (χ3n) is 5.66. The number of aliphatic imine (C=N–C) groups is 1. The number of amidine groups is 1. The fourth-order valence-electron chi connectivity index (χ4n) is 4.26. The maximum Gasteiger partial charge on any atom is 0.127 e. The van der Waals surface area contributed by atoms with Crippen molar-refractivity contribution in [2.45, 2.75) is 25.3 Å². The number of nitrogens with zero attached hydrogens (tertiary/aromatic N) is 4. The quantitative estimate of drug-likeness (QED) is 0.847. The average molecular weight is 344 g/mol. The van der Waals surface area contributed by atoms with E-state index in [1.165, 1.54) is 49.0 Å². The molecule has 1 fully saturated rings. The highest BCUT2D eigenvalue weighted by atomic mass is 15.2. The van der Waals surface area contributed by atoms with E-state index in [0.29, 0.717) is 6.04 Å². The molecule has 1 aromatic carbocycles. The zero-order valence-electron chi connectivity index (χ0n) is 15.0. The molecular weight excluding hydrogens is 320 g/mol. The van der Waals surface area contributed by atoms with Crippen molar-refractivity contribution in [3.63, 3.8) is 0 Å². The van der Waals surface area contributed by atoms with Gasteiger partial charge in [0, 0.05) is 30.9 Å². The molecule has 0 amide bonds. The molecule has 0 N–H and O–H groups in total. The van der Waals surface area contributed by atoms with Gasteiger partial charge >= 0.3 is 0 Å². The highest BCUT2D eigenvalue weighted by molar-refractivity contribution is 6.03. The van der Waals surface area contributed by atoms with Crippen LogP contribution in [-0.4, -0.2) is 52.8 Å². The Morgan fingerprint density at radius 1 is 1.04 bits per heavy atom. The van der Waals surface area contributed by atoms with Crippen LogP contribution >= 0.6 is 0 Å². The lowest BCUT2D eigenvalue weighted by molar-refractivity contribution is 0.319. The van der Waals surface area contributed by atoms with Crippen LogP contribution in [0.25, 0.3) is 16.5 Å². The number of fused-ring (bicyclic) bond motifs is 2. The minimum Gasteiger partial charge on any atom is -0.331 e. The van der Waals surface area contributed by atoms with E-state index in [1.54, 1.807) is 0 Å². The summed E-state index contributed by atoms with van der Waals surface area (Å²) in [6.45, 7) is 4.72. The molecule has 0 saturated carbocycles. The lowest BCUT2D eigenvalue weighted by Crippen LogP contribution is -2.27. The fraction of sp³-hybridized carbons (Fsp3) is 0.364. The summed E-state index contributed by atoms with van der Waals surface area (Å²) < 4.78 is 0. The molecule has 0 radical (unpaired) electrons. The highest BCUT2D eigenvalue weighted by Crippen LogP contribution is 2.29. The van der Waals surface area contributed by atoms with Crippen LogP contribution < -0.4 is 0 Å². The van der Waals surface area contributed by atoms with Crippen molar-refractivity contribution < 1.29 is 0 Å². The zero-order valence-corrected chi connectivity index (χ0v) is 15.0. The minimum absolute atomic E-state index is 0.417. The summed E-state index contributed by atoms with van der Waals surface area (Å²) in [5.41, 5.74) is 3.53. The standard InChI is InChI=1S/C22H24N4/c1-2-13-25(12-1)14-10-18-16-26-15-17(8-9-22(26)24-18)19-5-3-7-21-20(19)6-4-11-23-21/h3-9,11,15,18H,1-2,10,12-14,16H2. The molecule has 26 heavy (non-hydrogen) atoms. The number of rotatable bonds is 4. The van der Waals surface area contributed by atoms with Crippen molar-refractivity contribution in [1.29, 1.82) is 0 Å². The van der Waals surface area contributed by atoms with Gasteiger partial charge in [0.05, 0.1) is 11.6 Å². The third kappa shape index (κ3) is 2.95. The van der Waals surface area contributed by atoms with Crippen LogP contribution in [0.2, 0.25) is 0 Å². The maximum atomic E-state index is 4.93. The summed E-state index contributed by atoms with van der Waals surface area (Å²) >= 11 is 0. The molecule has 132 valence electrons. The second kappa shape index (κ2) is 6.69. The van der Waals surface area contributed by atoms with Crippen LogP contribution in [0, 0.1) is 0 Å². The monoisotopic (exact) mass is 344 g/mol. The van der Waals surface area contributed by atoms with Crippen LogP contribution in [0.1, 0.15) is 24.8 Å². The first-order valence-corrected chi connectivity index (χ1v) is 9.68. The summed E-state index contributed by atoms with van der Waals surface area (Å²) in [6, 6.07) is 10.9. The molecular formula is C22H24N4. The van der Waals surface area contributed by atoms with Gasteiger partial charge in [0.15, 0.2) is 0 Å². The van der Waals surface area contributed by atoms with Crippen molar-refractivity contribution in [3.05, 3.63) is 60.4 Å². The molecule has 4 heterocycles. The SMILES string of the molecule is C1=CC2=NC(CCN3CCCC3)CN2C=C1c1cccc2ncccc12. The number of allylic oxidation sites excluding steroid dienone is 2. The minimum atomic E-state index is 0.417. The number of pyridine rings is 1. The summed E-state index contributed by atoms with van der Waals surface area (Å²) in [5, 5.41) is 1.20. The molecule has 1 saturated heterocycles. The largest absolute Gasteiger partial charge is 0.331 e. The van der Waals surface area contributed by atoms with Gasteiger partial charge in [-0.2, -0.15) is 0 Å². The van der Waals surface area contributed by atoms with Gasteiger partial charge in [0.2, 0.25) is 0 Å². The lowest BCUT2D eigenvalue weighted by Gasteiger charge is -2.21. The van der Waals surface area contributed by atoms with E-state index in [1.807, 2.05) is 12.3 Å². The molecule has 0 aliphatic carbocycles.